The van der Waals surface area contributed by atoms with Crippen molar-refractivity contribution in [1.29, 1.82) is 0 Å². The van der Waals surface area contributed by atoms with Gasteiger partial charge in [0, 0.05) is 0 Å². The molecule has 1 N–H and O–H groups in total. The lowest BCUT2D eigenvalue weighted by Crippen LogP contribution is -2.36. The molecule has 0 bridgehead atoms. The molecule has 0 aromatic rings. The molecule has 0 amide bonds. The van der Waals surface area contributed by atoms with E-state index in [1.807, 2.05) is 0 Å². The van der Waals surface area contributed by atoms with E-state index in [9.17, 15) is 5.11 Å². The van der Waals surface area contributed by atoms with Crippen LogP contribution in [0.5, 0.6) is 0 Å². The lowest BCUT2D eigenvalue weighted by Gasteiger charge is -2.33. The first-order valence-electron chi connectivity index (χ1n) is 3.95. The molecule has 1 rings (SSSR count). The SMILES string of the molecule is C[C@@H]1CCC[C@@](O)(CCl)C1. The minimum absolute atomic E-state index is 0.400. The van der Waals surface area contributed by atoms with Gasteiger partial charge in [0.2, 0.25) is 0 Å². The second-order valence-corrected chi connectivity index (χ2v) is 3.83. The number of hydrogen-bond donors (Lipinski definition) is 1. The van der Waals surface area contributed by atoms with Crippen LogP contribution in [0, 0.1) is 5.92 Å². The van der Waals surface area contributed by atoms with Gasteiger partial charge in [0.05, 0.1) is 11.5 Å². The second kappa shape index (κ2) is 3.10. The van der Waals surface area contributed by atoms with Crippen LogP contribution < -0.4 is 0 Å². The molecule has 0 aromatic heterocycles. The average molecular weight is 163 g/mol. The predicted octanol–water partition coefficient (Wildman–Crippen LogP) is 2.17. The molecule has 2 heteroatoms. The highest BCUT2D eigenvalue weighted by molar-refractivity contribution is 6.18. The summed E-state index contributed by atoms with van der Waals surface area (Å²) in [6.07, 6.45) is 4.15. The van der Waals surface area contributed by atoms with E-state index in [1.165, 1.54) is 6.42 Å². The Morgan fingerprint density at radius 3 is 2.80 bits per heavy atom. The van der Waals surface area contributed by atoms with Crippen LogP contribution in [0.3, 0.4) is 0 Å². The Morgan fingerprint density at radius 1 is 1.70 bits per heavy atom. The Balaban J connectivity index is 2.45. The number of hydrogen-bond acceptors (Lipinski definition) is 1. The van der Waals surface area contributed by atoms with Crippen LogP contribution in [0.1, 0.15) is 32.6 Å². The van der Waals surface area contributed by atoms with E-state index in [1.54, 1.807) is 0 Å². The van der Waals surface area contributed by atoms with Gasteiger partial charge in [-0.25, -0.2) is 0 Å². The van der Waals surface area contributed by atoms with Crippen molar-refractivity contribution < 1.29 is 5.11 Å². The summed E-state index contributed by atoms with van der Waals surface area (Å²) in [5, 5.41) is 9.72. The van der Waals surface area contributed by atoms with Crippen molar-refractivity contribution in [3.8, 4) is 0 Å². The third-order valence-corrected chi connectivity index (χ3v) is 2.81. The summed E-state index contributed by atoms with van der Waals surface area (Å²) in [5.41, 5.74) is -0.542. The van der Waals surface area contributed by atoms with E-state index in [0.29, 0.717) is 11.8 Å². The van der Waals surface area contributed by atoms with Crippen LogP contribution in [-0.4, -0.2) is 16.6 Å². The quantitative estimate of drug-likeness (QED) is 0.586. The summed E-state index contributed by atoms with van der Waals surface area (Å²) in [4.78, 5) is 0. The Bertz CT molecular complexity index is 116. The fraction of sp³-hybridized carbons (Fsp3) is 1.00. The first-order valence-corrected chi connectivity index (χ1v) is 4.48. The number of halogens is 1. The van der Waals surface area contributed by atoms with Gasteiger partial charge < -0.3 is 5.11 Å². The van der Waals surface area contributed by atoms with E-state index in [2.05, 4.69) is 6.92 Å². The molecule has 1 saturated carbocycles. The van der Waals surface area contributed by atoms with Crippen molar-refractivity contribution in [2.75, 3.05) is 5.88 Å². The van der Waals surface area contributed by atoms with Crippen LogP contribution in [0.4, 0.5) is 0 Å². The van der Waals surface area contributed by atoms with Crippen LogP contribution in [0.15, 0.2) is 0 Å². The first-order chi connectivity index (χ1) is 4.66. The average Bonchev–Trinajstić information content (AvgIpc) is 1.88. The highest BCUT2D eigenvalue weighted by Gasteiger charge is 2.31. The predicted molar refractivity (Wildman–Crippen MR) is 43.3 cm³/mol. The van der Waals surface area contributed by atoms with Gasteiger partial charge in [0.15, 0.2) is 0 Å². The monoisotopic (exact) mass is 162 g/mol. The zero-order valence-corrected chi connectivity index (χ0v) is 7.19. The molecule has 0 aliphatic heterocycles. The molecule has 0 radical (unpaired) electrons. The van der Waals surface area contributed by atoms with Gasteiger partial charge in [0.1, 0.15) is 0 Å². The Kier molecular flexibility index (Phi) is 2.59. The van der Waals surface area contributed by atoms with E-state index in [0.717, 1.165) is 19.3 Å². The van der Waals surface area contributed by atoms with Crippen molar-refractivity contribution in [2.24, 2.45) is 5.92 Å². The maximum Gasteiger partial charge on any atom is 0.0785 e. The molecule has 0 unspecified atom stereocenters. The fourth-order valence-corrected chi connectivity index (χ4v) is 2.00. The summed E-state index contributed by atoms with van der Waals surface area (Å²) < 4.78 is 0. The third-order valence-electron chi connectivity index (χ3n) is 2.32. The standard InChI is InChI=1S/C8H15ClO/c1-7-3-2-4-8(10,5-7)6-9/h7,10H,2-6H2,1H3/t7-,8+/m1/s1. The highest BCUT2D eigenvalue weighted by atomic mass is 35.5. The summed E-state index contributed by atoms with van der Waals surface area (Å²) in [7, 11) is 0. The lowest BCUT2D eigenvalue weighted by atomic mass is 9.80. The summed E-state index contributed by atoms with van der Waals surface area (Å²) in [6.45, 7) is 2.18. The van der Waals surface area contributed by atoms with Crippen molar-refractivity contribution in [2.45, 2.75) is 38.2 Å². The Hall–Kier alpha value is 0.250. The minimum atomic E-state index is -0.542. The zero-order valence-electron chi connectivity index (χ0n) is 6.44. The third kappa shape index (κ3) is 1.86. The summed E-state index contributed by atoms with van der Waals surface area (Å²) in [5.74, 6) is 1.05. The Labute approximate surface area is 67.4 Å². The molecule has 1 nitrogen and oxygen atoms in total. The fourth-order valence-electron chi connectivity index (χ4n) is 1.75. The molecular formula is C8H15ClO. The summed E-state index contributed by atoms with van der Waals surface area (Å²) in [6, 6.07) is 0. The highest BCUT2D eigenvalue weighted by Crippen LogP contribution is 2.32. The maximum absolute atomic E-state index is 9.72. The molecule has 1 aliphatic rings. The summed E-state index contributed by atoms with van der Waals surface area (Å²) >= 11 is 5.64. The lowest BCUT2D eigenvalue weighted by molar-refractivity contribution is 0.00788. The van der Waals surface area contributed by atoms with Gasteiger partial charge in [-0.2, -0.15) is 0 Å². The molecule has 1 fully saturated rings. The maximum atomic E-state index is 9.72. The van der Waals surface area contributed by atoms with E-state index in [-0.39, 0.29) is 0 Å². The first kappa shape index (κ1) is 8.35. The number of aliphatic hydroxyl groups is 1. The number of alkyl halides is 1. The van der Waals surface area contributed by atoms with Gasteiger partial charge in [-0.05, 0) is 18.8 Å². The molecule has 0 heterocycles. The molecule has 10 heavy (non-hydrogen) atoms. The van der Waals surface area contributed by atoms with Crippen LogP contribution in [0.2, 0.25) is 0 Å². The van der Waals surface area contributed by atoms with E-state index >= 15 is 0 Å². The van der Waals surface area contributed by atoms with Gasteiger partial charge in [-0.1, -0.05) is 19.8 Å². The van der Waals surface area contributed by atoms with Crippen LogP contribution in [-0.2, 0) is 0 Å². The van der Waals surface area contributed by atoms with Gasteiger partial charge in [-0.3, -0.25) is 0 Å². The molecular weight excluding hydrogens is 148 g/mol. The smallest absolute Gasteiger partial charge is 0.0785 e. The largest absolute Gasteiger partial charge is 0.389 e. The van der Waals surface area contributed by atoms with Crippen LogP contribution in [0.25, 0.3) is 0 Å². The molecule has 60 valence electrons. The van der Waals surface area contributed by atoms with Gasteiger partial charge in [0.25, 0.3) is 0 Å². The molecule has 0 saturated heterocycles. The zero-order chi connectivity index (χ0) is 7.61. The van der Waals surface area contributed by atoms with Crippen molar-refractivity contribution in [1.82, 2.24) is 0 Å². The Morgan fingerprint density at radius 2 is 2.40 bits per heavy atom. The van der Waals surface area contributed by atoms with E-state index < -0.39 is 5.60 Å². The molecule has 0 spiro atoms. The topological polar surface area (TPSA) is 20.2 Å². The normalized spacial score (nSPS) is 41.7. The second-order valence-electron chi connectivity index (χ2n) is 3.56. The van der Waals surface area contributed by atoms with Crippen molar-refractivity contribution >= 4 is 11.6 Å². The van der Waals surface area contributed by atoms with Crippen molar-refractivity contribution in [3.63, 3.8) is 0 Å². The van der Waals surface area contributed by atoms with E-state index in [4.69, 9.17) is 11.6 Å². The van der Waals surface area contributed by atoms with Crippen molar-refractivity contribution in [3.05, 3.63) is 0 Å². The molecule has 1 aliphatic carbocycles. The molecule has 2 atom stereocenters. The minimum Gasteiger partial charge on any atom is -0.389 e. The van der Waals surface area contributed by atoms with Gasteiger partial charge in [-0.15, -0.1) is 11.6 Å². The van der Waals surface area contributed by atoms with Gasteiger partial charge >= 0.3 is 0 Å². The number of rotatable bonds is 1. The van der Waals surface area contributed by atoms with Crippen LogP contribution >= 0.6 is 11.6 Å². The molecule has 0 aromatic carbocycles.